The molecule has 0 bridgehead atoms. The highest BCUT2D eigenvalue weighted by Crippen LogP contribution is 2.52. The normalized spacial score (nSPS) is 13.2. The molecule has 0 spiro atoms. The Bertz CT molecular complexity index is 4550. The molecule has 0 atom stereocenters. The Morgan fingerprint density at radius 1 is 0.317 bits per heavy atom. The summed E-state index contributed by atoms with van der Waals surface area (Å²) in [6.07, 6.45) is -1.06. The van der Waals surface area contributed by atoms with Gasteiger partial charge >= 0.3 is 17.9 Å². The molecule has 0 unspecified atom stereocenters. The van der Waals surface area contributed by atoms with Gasteiger partial charge in [0.25, 0.3) is 35.4 Å². The molecule has 3 aliphatic heterocycles. The zero-order valence-electron chi connectivity index (χ0n) is 53.2. The van der Waals surface area contributed by atoms with Crippen molar-refractivity contribution in [3.8, 4) is 17.2 Å². The molecule has 24 heteroatoms. The van der Waals surface area contributed by atoms with Crippen LogP contribution < -0.4 is 28.9 Å². The van der Waals surface area contributed by atoms with Crippen molar-refractivity contribution in [2.45, 2.75) is 64.7 Å². The van der Waals surface area contributed by atoms with Gasteiger partial charge in [-0.3, -0.25) is 43.2 Å². The van der Waals surface area contributed by atoms with Crippen LogP contribution in [-0.2, 0) is 34.2 Å². The van der Waals surface area contributed by atoms with Crippen LogP contribution in [-0.4, -0.2) is 70.7 Å². The smallest absolute Gasteiger partial charge is 0.311 e. The van der Waals surface area contributed by atoms with Crippen molar-refractivity contribution in [1.29, 1.82) is 0 Å². The van der Waals surface area contributed by atoms with Crippen LogP contribution in [0.5, 0.6) is 17.2 Å². The number of halogens is 6. The monoisotopic (exact) mass is 1470 g/mol. The van der Waals surface area contributed by atoms with E-state index in [4.69, 9.17) is 83.8 Å². The number of amides is 6. The molecule has 18 nitrogen and oxygen atoms in total. The van der Waals surface area contributed by atoms with E-state index in [1.807, 2.05) is 0 Å². The van der Waals surface area contributed by atoms with E-state index in [1.165, 1.54) is 99.6 Å². The number of anilines is 3. The quantitative estimate of drug-likeness (QED) is 0.0265. The zero-order chi connectivity index (χ0) is 72.0. The summed E-state index contributed by atoms with van der Waals surface area (Å²) in [6.45, 7) is 4.02. The van der Waals surface area contributed by atoms with Gasteiger partial charge in [0.1, 0.15) is 34.6 Å². The van der Waals surface area contributed by atoms with E-state index < -0.39 is 58.8 Å². The molecule has 12 rings (SSSR count). The molecular weight excluding hydrogens is 1420 g/mol. The first-order valence-electron chi connectivity index (χ1n) is 31.0. The van der Waals surface area contributed by atoms with Gasteiger partial charge < -0.3 is 28.6 Å². The van der Waals surface area contributed by atoms with E-state index in [-0.39, 0.29) is 159 Å². The second kappa shape index (κ2) is 28.7. The summed E-state index contributed by atoms with van der Waals surface area (Å²) in [5.74, 6) is -6.67. The van der Waals surface area contributed by atoms with E-state index in [1.54, 1.807) is 97.1 Å². The van der Waals surface area contributed by atoms with Gasteiger partial charge in [0, 0.05) is 24.8 Å². The average molecular weight is 1470 g/mol. The molecule has 9 aromatic rings. The van der Waals surface area contributed by atoms with Gasteiger partial charge in [-0.1, -0.05) is 136 Å². The maximum absolute atomic E-state index is 14.5. The molecular formula is C77H50Cl6N3O15. The predicted octanol–water partition coefficient (Wildman–Crippen LogP) is 16.2. The molecule has 3 heterocycles. The SMILES string of the molecule is CC(=O)CCC(=O)Oc1ccc([C](c2ccc(OC(=O)CCC(C)=O)cc2)c2ccc(OC(=O)CCC(C)=O)c(C(c3ccc(N4C(=O)c5cc(Cl)c(Cl)cc5C4=O)cc3)(c3ccc(N4C(=O)c5cc(Cl)c(Cl)cc5C4=O)cc3)c3ccc(N4C(=O)c5cc(Cl)c(Cl)cc5C4=O)cc3)c2)cc1. The van der Waals surface area contributed by atoms with Gasteiger partial charge in [0.05, 0.1) is 111 Å². The van der Waals surface area contributed by atoms with Crippen molar-refractivity contribution in [1.82, 2.24) is 0 Å². The van der Waals surface area contributed by atoms with Crippen LogP contribution in [0.4, 0.5) is 17.1 Å². The summed E-state index contributed by atoms with van der Waals surface area (Å²) in [5.41, 5.74) is 0.583. The third kappa shape index (κ3) is 13.7. The number of hydrogen-bond acceptors (Lipinski definition) is 15. The highest BCUT2D eigenvalue weighted by molar-refractivity contribution is 6.46. The minimum atomic E-state index is -1.92. The van der Waals surface area contributed by atoms with Crippen LogP contribution in [0.2, 0.25) is 30.1 Å². The molecule has 3 aliphatic rings. The third-order valence-corrected chi connectivity index (χ3v) is 19.3. The lowest BCUT2D eigenvalue weighted by molar-refractivity contribution is -0.136. The lowest BCUT2D eigenvalue weighted by Crippen LogP contribution is -2.34. The highest BCUT2D eigenvalue weighted by Gasteiger charge is 2.46. The number of Topliss-reactive ketones (excluding diaryl/α,β-unsaturated/α-hetero) is 3. The van der Waals surface area contributed by atoms with Crippen LogP contribution in [0.3, 0.4) is 0 Å². The van der Waals surface area contributed by atoms with Crippen LogP contribution in [0, 0.1) is 5.92 Å². The topological polar surface area (TPSA) is 242 Å². The lowest BCUT2D eigenvalue weighted by Gasteiger charge is -2.39. The maximum Gasteiger partial charge on any atom is 0.311 e. The summed E-state index contributed by atoms with van der Waals surface area (Å²) in [6, 6.07) is 44.2. The van der Waals surface area contributed by atoms with E-state index in [9.17, 15) is 57.5 Å². The fourth-order valence-electron chi connectivity index (χ4n) is 12.3. The summed E-state index contributed by atoms with van der Waals surface area (Å²) >= 11 is 38.3. The van der Waals surface area contributed by atoms with Crippen LogP contribution in [0.1, 0.15) is 160 Å². The molecule has 0 aliphatic carbocycles. The van der Waals surface area contributed by atoms with Gasteiger partial charge in [-0.15, -0.1) is 0 Å². The lowest BCUT2D eigenvalue weighted by atomic mass is 9.64. The van der Waals surface area contributed by atoms with E-state index in [0.717, 1.165) is 14.7 Å². The summed E-state index contributed by atoms with van der Waals surface area (Å²) < 4.78 is 17.7. The van der Waals surface area contributed by atoms with Gasteiger partial charge in [0.2, 0.25) is 0 Å². The number of rotatable bonds is 22. The van der Waals surface area contributed by atoms with Crippen molar-refractivity contribution in [2.75, 3.05) is 14.7 Å². The van der Waals surface area contributed by atoms with Gasteiger partial charge in [-0.05, 0) is 163 Å². The second-order valence-corrected chi connectivity index (χ2v) is 26.3. The van der Waals surface area contributed by atoms with E-state index >= 15 is 0 Å². The summed E-state index contributed by atoms with van der Waals surface area (Å²) in [4.78, 5) is 165. The molecule has 9 aromatic carbocycles. The van der Waals surface area contributed by atoms with Crippen molar-refractivity contribution >= 4 is 157 Å². The number of ketones is 3. The van der Waals surface area contributed by atoms with Gasteiger partial charge in [-0.25, -0.2) is 14.7 Å². The number of esters is 3. The highest BCUT2D eigenvalue weighted by atomic mass is 35.5. The number of ether oxygens (including phenoxy) is 3. The molecule has 0 saturated heterocycles. The van der Waals surface area contributed by atoms with Gasteiger partial charge in [-0.2, -0.15) is 0 Å². The molecule has 0 saturated carbocycles. The van der Waals surface area contributed by atoms with Crippen LogP contribution in [0.25, 0.3) is 0 Å². The number of fused-ring (bicyclic) bond motifs is 3. The minimum absolute atomic E-state index is 0.0164. The fourth-order valence-corrected chi connectivity index (χ4v) is 13.3. The number of nitrogens with zero attached hydrogens (tertiary/aromatic N) is 3. The fraction of sp³-hybridized carbons (Fsp3) is 0.130. The molecule has 0 aromatic heterocycles. The molecule has 101 heavy (non-hydrogen) atoms. The Morgan fingerprint density at radius 2 is 0.574 bits per heavy atom. The molecule has 505 valence electrons. The minimum Gasteiger partial charge on any atom is -0.427 e. The van der Waals surface area contributed by atoms with E-state index in [0.29, 0.717) is 39.3 Å². The molecule has 0 fully saturated rings. The van der Waals surface area contributed by atoms with E-state index in [2.05, 4.69) is 0 Å². The number of imide groups is 3. The van der Waals surface area contributed by atoms with Gasteiger partial charge in [0.15, 0.2) is 0 Å². The summed E-state index contributed by atoms with van der Waals surface area (Å²) in [5, 5.41) is 0.164. The Kier molecular flexibility index (Phi) is 20.0. The predicted molar refractivity (Wildman–Crippen MR) is 378 cm³/mol. The molecule has 1 radical (unpaired) electrons. The first-order valence-corrected chi connectivity index (χ1v) is 33.3. The Labute approximate surface area is 606 Å². The molecule has 0 N–H and O–H groups in total. The largest absolute Gasteiger partial charge is 0.427 e. The van der Waals surface area contributed by atoms with Crippen molar-refractivity contribution < 1.29 is 71.7 Å². The standard InChI is InChI=1S/C77H50Cl6N3O15/c1-39(87)4-29-67(90)99-51-24-7-42(8-25-51)70(43-9-26-52(27-10-43)100-68(91)30-5-40(2)88)44-11-28-66(101-69(92)31-6-41(3)89)59(32-44)77(45-12-18-48(19-13-45)84-71(93)53-33-60(78)61(79)34-54(53)72(84)94,46-14-20-49(21-15-46)85-73(95)55-35-62(80)63(81)36-56(55)74(85)96)47-16-22-50(23-17-47)86-75(97)57-37-64(82)65(83)38-58(57)76(86)98/h7-28,32-38H,4-6,29-31H2,1-3H3. The Balaban J connectivity index is 1.12. The Hall–Kier alpha value is -10.4. The van der Waals surface area contributed by atoms with Crippen molar-refractivity contribution in [3.63, 3.8) is 0 Å². The maximum atomic E-state index is 14.5. The second-order valence-electron chi connectivity index (χ2n) is 23.8. The third-order valence-electron chi connectivity index (χ3n) is 17.1. The zero-order valence-corrected chi connectivity index (χ0v) is 57.8. The van der Waals surface area contributed by atoms with Crippen LogP contribution in [0.15, 0.2) is 176 Å². The Morgan fingerprint density at radius 3 is 0.842 bits per heavy atom. The van der Waals surface area contributed by atoms with Crippen molar-refractivity contribution in [3.05, 3.63) is 284 Å². The average Bonchev–Trinajstić information content (AvgIpc) is 1.26. The summed E-state index contributed by atoms with van der Waals surface area (Å²) in [7, 11) is 0. The number of hydrogen-bond donors (Lipinski definition) is 0. The first-order chi connectivity index (χ1) is 48.2. The number of benzene rings is 9. The van der Waals surface area contributed by atoms with Crippen molar-refractivity contribution in [2.24, 2.45) is 0 Å². The van der Waals surface area contributed by atoms with Crippen LogP contribution >= 0.6 is 69.6 Å². The first kappa shape index (κ1) is 70.4. The number of carbonyl (C=O) groups excluding carboxylic acids is 12. The molecule has 6 amide bonds. The number of carbonyl (C=O) groups is 12.